The summed E-state index contributed by atoms with van der Waals surface area (Å²) in [6, 6.07) is 77.5. The maximum absolute atomic E-state index is 6.45. The fourth-order valence-corrected chi connectivity index (χ4v) is 10.0. The van der Waals surface area contributed by atoms with Crippen LogP contribution in [0, 0.1) is 0 Å². The highest BCUT2D eigenvalue weighted by Gasteiger charge is 2.37. The zero-order chi connectivity index (χ0) is 40.7. The Morgan fingerprint density at radius 1 is 0.361 bits per heavy atom. The second-order valence-corrected chi connectivity index (χ2v) is 16.9. The molecule has 2 nitrogen and oxygen atoms in total. The van der Waals surface area contributed by atoms with Gasteiger partial charge >= 0.3 is 0 Å². The average Bonchev–Trinajstić information content (AvgIpc) is 3.79. The van der Waals surface area contributed by atoms with E-state index in [4.69, 9.17) is 4.42 Å². The Balaban J connectivity index is 1.02. The molecular formula is C59H41NO. The Labute approximate surface area is 355 Å². The van der Waals surface area contributed by atoms with Crippen molar-refractivity contribution in [3.8, 4) is 44.5 Å². The van der Waals surface area contributed by atoms with Gasteiger partial charge in [-0.3, -0.25) is 0 Å². The first-order valence-electron chi connectivity index (χ1n) is 21.2. The molecule has 0 N–H and O–H groups in total. The van der Waals surface area contributed by atoms with Crippen molar-refractivity contribution in [1.82, 2.24) is 0 Å². The molecule has 0 amide bonds. The minimum atomic E-state index is -0.107. The molecule has 2 heteroatoms. The second kappa shape index (κ2) is 13.7. The molecule has 1 aliphatic rings. The molecule has 1 aromatic heterocycles. The summed E-state index contributed by atoms with van der Waals surface area (Å²) in [6.45, 7) is 4.73. The largest absolute Gasteiger partial charge is 0.456 e. The quantitative estimate of drug-likeness (QED) is 0.167. The van der Waals surface area contributed by atoms with Crippen molar-refractivity contribution in [2.24, 2.45) is 0 Å². The third-order valence-electron chi connectivity index (χ3n) is 13.0. The normalized spacial score (nSPS) is 12.9. The molecule has 0 saturated carbocycles. The van der Waals surface area contributed by atoms with Crippen LogP contribution in [0.2, 0.25) is 0 Å². The Morgan fingerprint density at radius 2 is 0.967 bits per heavy atom. The number of rotatable bonds is 6. The lowest BCUT2D eigenvalue weighted by atomic mass is 9.79. The second-order valence-electron chi connectivity index (χ2n) is 16.9. The summed E-state index contributed by atoms with van der Waals surface area (Å²) in [6.07, 6.45) is 0. The Kier molecular flexibility index (Phi) is 7.92. The number of fused-ring (bicyclic) bond motifs is 8. The van der Waals surface area contributed by atoms with Crippen LogP contribution in [0.15, 0.2) is 217 Å². The van der Waals surface area contributed by atoms with E-state index in [0.29, 0.717) is 0 Å². The summed E-state index contributed by atoms with van der Waals surface area (Å²) in [7, 11) is 0. The van der Waals surface area contributed by atoms with Gasteiger partial charge in [-0.2, -0.15) is 0 Å². The van der Waals surface area contributed by atoms with E-state index < -0.39 is 0 Å². The van der Waals surface area contributed by atoms with Crippen LogP contribution in [0.3, 0.4) is 0 Å². The average molecular weight is 780 g/mol. The topological polar surface area (TPSA) is 16.4 Å². The highest BCUT2D eigenvalue weighted by atomic mass is 16.3. The van der Waals surface area contributed by atoms with E-state index in [-0.39, 0.29) is 5.41 Å². The Bertz CT molecular complexity index is 3520. The van der Waals surface area contributed by atoms with Gasteiger partial charge in [0.05, 0.1) is 5.69 Å². The van der Waals surface area contributed by atoms with Crippen LogP contribution in [0.4, 0.5) is 17.1 Å². The van der Waals surface area contributed by atoms with Gasteiger partial charge in [-0.05, 0) is 132 Å². The van der Waals surface area contributed by atoms with Gasteiger partial charge in [0.1, 0.15) is 11.2 Å². The van der Waals surface area contributed by atoms with Gasteiger partial charge in [-0.1, -0.05) is 166 Å². The standard InChI is InChI=1S/C59H41NO/c1-59(2)54-23-9-7-20-50(54)51-22-12-21-49(58(51)59)39-27-30-46(31-28-39)60(47-18-11-17-41(34-47)44-26-25-38-13-3-4-14-40(38)33-44)55-24-10-8-19-48(55)45-29-32-56-52(36-45)53-35-42-15-5-6-16-43(42)37-57(53)61-56/h3-37H,1-2H3. The van der Waals surface area contributed by atoms with Gasteiger partial charge in [0.2, 0.25) is 0 Å². The van der Waals surface area contributed by atoms with Gasteiger partial charge < -0.3 is 9.32 Å². The molecule has 0 atom stereocenters. The van der Waals surface area contributed by atoms with Crippen molar-refractivity contribution in [2.45, 2.75) is 19.3 Å². The number of hydrogen-bond donors (Lipinski definition) is 0. The van der Waals surface area contributed by atoms with Gasteiger partial charge in [0, 0.05) is 33.1 Å². The number of para-hydroxylation sites is 1. The van der Waals surface area contributed by atoms with Crippen molar-refractivity contribution in [3.05, 3.63) is 223 Å². The zero-order valence-corrected chi connectivity index (χ0v) is 34.1. The van der Waals surface area contributed by atoms with Crippen molar-refractivity contribution in [2.75, 3.05) is 4.90 Å². The first-order valence-corrected chi connectivity index (χ1v) is 21.2. The van der Waals surface area contributed by atoms with Gasteiger partial charge in [0.25, 0.3) is 0 Å². The van der Waals surface area contributed by atoms with Crippen molar-refractivity contribution in [1.29, 1.82) is 0 Å². The maximum Gasteiger partial charge on any atom is 0.136 e. The van der Waals surface area contributed by atoms with Crippen molar-refractivity contribution >= 4 is 60.5 Å². The van der Waals surface area contributed by atoms with Crippen LogP contribution in [-0.2, 0) is 5.41 Å². The molecule has 0 radical (unpaired) electrons. The molecule has 0 spiro atoms. The minimum Gasteiger partial charge on any atom is -0.456 e. The molecule has 11 aromatic rings. The highest BCUT2D eigenvalue weighted by molar-refractivity contribution is 6.11. The van der Waals surface area contributed by atoms with E-state index in [0.717, 1.165) is 50.1 Å². The molecule has 10 aromatic carbocycles. The van der Waals surface area contributed by atoms with Gasteiger partial charge in [0.15, 0.2) is 0 Å². The summed E-state index contributed by atoms with van der Waals surface area (Å²) in [4.78, 5) is 2.42. The van der Waals surface area contributed by atoms with Crippen molar-refractivity contribution in [3.63, 3.8) is 0 Å². The van der Waals surface area contributed by atoms with E-state index in [1.807, 2.05) is 0 Å². The fraction of sp³-hybridized carbons (Fsp3) is 0.0508. The lowest BCUT2D eigenvalue weighted by Gasteiger charge is -2.29. The molecule has 61 heavy (non-hydrogen) atoms. The maximum atomic E-state index is 6.45. The third kappa shape index (κ3) is 5.71. The smallest absolute Gasteiger partial charge is 0.136 e. The molecule has 0 saturated heterocycles. The van der Waals surface area contributed by atoms with E-state index in [2.05, 4.69) is 231 Å². The van der Waals surface area contributed by atoms with E-state index >= 15 is 0 Å². The summed E-state index contributed by atoms with van der Waals surface area (Å²) in [5, 5.41) is 7.10. The summed E-state index contributed by atoms with van der Waals surface area (Å²) < 4.78 is 6.45. The van der Waals surface area contributed by atoms with Crippen LogP contribution in [0.1, 0.15) is 25.0 Å². The first kappa shape index (κ1) is 35.3. The first-order chi connectivity index (χ1) is 30.0. The minimum absolute atomic E-state index is 0.107. The van der Waals surface area contributed by atoms with Gasteiger partial charge in [-0.25, -0.2) is 0 Å². The zero-order valence-electron chi connectivity index (χ0n) is 34.1. The van der Waals surface area contributed by atoms with Crippen LogP contribution >= 0.6 is 0 Å². The van der Waals surface area contributed by atoms with Crippen LogP contribution < -0.4 is 4.90 Å². The monoisotopic (exact) mass is 779 g/mol. The number of nitrogens with zero attached hydrogens (tertiary/aromatic N) is 1. The SMILES string of the molecule is CC1(C)c2ccccc2-c2cccc(-c3ccc(N(c4cccc(-c5ccc6ccccc6c5)c4)c4ccccc4-c4ccc5oc6cc7ccccc7cc6c5c4)cc3)c21. The third-order valence-corrected chi connectivity index (χ3v) is 13.0. The summed E-state index contributed by atoms with van der Waals surface area (Å²) in [5.74, 6) is 0. The van der Waals surface area contributed by atoms with E-state index in [9.17, 15) is 0 Å². The Hall–Kier alpha value is -7.68. The molecule has 0 fully saturated rings. The molecule has 0 bridgehead atoms. The molecule has 288 valence electrons. The molecular weight excluding hydrogens is 739 g/mol. The lowest BCUT2D eigenvalue weighted by molar-refractivity contribution is 0.662. The van der Waals surface area contributed by atoms with E-state index in [1.54, 1.807) is 0 Å². The van der Waals surface area contributed by atoms with E-state index in [1.165, 1.54) is 66.1 Å². The molecule has 12 rings (SSSR count). The van der Waals surface area contributed by atoms with Gasteiger partial charge in [-0.15, -0.1) is 0 Å². The predicted octanol–water partition coefficient (Wildman–Crippen LogP) is 16.7. The Morgan fingerprint density at radius 3 is 1.80 bits per heavy atom. The van der Waals surface area contributed by atoms with Crippen LogP contribution in [0.25, 0.3) is 88.0 Å². The number of hydrogen-bond acceptors (Lipinski definition) is 2. The fourth-order valence-electron chi connectivity index (χ4n) is 10.0. The predicted molar refractivity (Wildman–Crippen MR) is 257 cm³/mol. The molecule has 1 aliphatic carbocycles. The number of benzene rings is 10. The highest BCUT2D eigenvalue weighted by Crippen LogP contribution is 2.52. The molecule has 0 aliphatic heterocycles. The number of furan rings is 1. The van der Waals surface area contributed by atoms with Crippen LogP contribution in [0.5, 0.6) is 0 Å². The van der Waals surface area contributed by atoms with Crippen LogP contribution in [-0.4, -0.2) is 0 Å². The number of anilines is 3. The summed E-state index contributed by atoms with van der Waals surface area (Å²) in [5.41, 5.74) is 17.5. The van der Waals surface area contributed by atoms with Crippen molar-refractivity contribution < 1.29 is 4.42 Å². The molecule has 0 unspecified atom stereocenters. The lowest BCUT2D eigenvalue weighted by Crippen LogP contribution is -2.16. The molecule has 1 heterocycles. The summed E-state index contributed by atoms with van der Waals surface area (Å²) >= 11 is 0.